The van der Waals surface area contributed by atoms with Gasteiger partial charge in [-0.15, -0.1) is 15.3 Å². The van der Waals surface area contributed by atoms with Gasteiger partial charge >= 0.3 is 11.9 Å². The minimum Gasteiger partial charge on any atom is -0.443 e. The Kier molecular flexibility index (Phi) is 33.2. The molecule has 6 aliphatic rings. The lowest BCUT2D eigenvalue weighted by Gasteiger charge is -2.32. The second kappa shape index (κ2) is 43.0. The lowest BCUT2D eigenvalue weighted by Crippen LogP contribution is -2.25. The smallest absolute Gasteiger partial charge is 0.312 e. The van der Waals surface area contributed by atoms with Gasteiger partial charge in [0.05, 0.1) is 110 Å². The molecule has 111 heavy (non-hydrogen) atoms. The van der Waals surface area contributed by atoms with Gasteiger partial charge < -0.3 is 28.9 Å². The number of nitrogens with zero attached hydrogens (tertiary/aromatic N) is 18. The summed E-state index contributed by atoms with van der Waals surface area (Å²) in [5, 5.41) is 94.4. The van der Waals surface area contributed by atoms with Crippen LogP contribution in [0.3, 0.4) is 0 Å². The number of nitriles is 5. The van der Waals surface area contributed by atoms with Crippen molar-refractivity contribution in [2.45, 2.75) is 202 Å². The van der Waals surface area contributed by atoms with E-state index in [0.29, 0.717) is 61.0 Å². The third kappa shape index (κ3) is 25.4. The second-order valence-corrected chi connectivity index (χ2v) is 33.3. The van der Waals surface area contributed by atoms with Crippen molar-refractivity contribution in [1.29, 1.82) is 26.3 Å². The van der Waals surface area contributed by atoms with Crippen LogP contribution in [0.1, 0.15) is 189 Å². The van der Waals surface area contributed by atoms with E-state index >= 15 is 0 Å². The molecule has 0 aliphatic heterocycles. The molecule has 6 fully saturated rings. The number of aromatic nitrogens is 15. The average molecular weight is 1530 g/mol. The maximum atomic E-state index is 12.1. The molecule has 0 saturated heterocycles. The van der Waals surface area contributed by atoms with Crippen LogP contribution < -0.4 is 0 Å². The van der Waals surface area contributed by atoms with E-state index in [9.17, 15) is 24.2 Å². The summed E-state index contributed by atoms with van der Waals surface area (Å²) >= 11 is 0. The Hall–Kier alpha value is -10.8. The summed E-state index contributed by atoms with van der Waals surface area (Å²) in [6, 6.07) is 16.5. The zero-order valence-electron chi connectivity index (χ0n) is 65.1. The van der Waals surface area contributed by atoms with E-state index in [1.54, 1.807) is 65.3 Å². The summed E-state index contributed by atoms with van der Waals surface area (Å²) in [5.74, 6) is 3.14. The van der Waals surface area contributed by atoms with Gasteiger partial charge in [0.25, 0.3) is 0 Å². The highest BCUT2D eigenvalue weighted by atomic mass is 31.2. The van der Waals surface area contributed by atoms with Gasteiger partial charge in [0.1, 0.15) is 12.4 Å². The summed E-state index contributed by atoms with van der Waals surface area (Å²) in [6.45, 7) is 15.2. The fourth-order valence-corrected chi connectivity index (χ4v) is 13.2. The predicted octanol–water partition coefficient (Wildman–Crippen LogP) is 16.5. The average Bonchev–Trinajstić information content (AvgIpc) is 1.67. The monoisotopic (exact) mass is 1530 g/mol. The zero-order chi connectivity index (χ0) is 79.8. The number of H-pyrrole nitrogens is 2. The van der Waals surface area contributed by atoms with Crippen LogP contribution in [0.5, 0.6) is 0 Å². The number of ether oxygens (including phenoxy) is 2. The number of fused-ring (bicyclic) bond motifs is 3. The fourth-order valence-electron chi connectivity index (χ4n) is 12.3. The van der Waals surface area contributed by atoms with Crippen molar-refractivity contribution < 1.29 is 38.1 Å². The second-order valence-electron chi connectivity index (χ2n) is 30.7. The van der Waals surface area contributed by atoms with E-state index in [1.807, 2.05) is 137 Å². The molecule has 3 unspecified atom stereocenters. The largest absolute Gasteiger partial charge is 0.443 e. The molecular weight excluding hydrogens is 1420 g/mol. The Bertz CT molecular complexity index is 4710. The standard InChI is InChI=1S/C22H26N6O2.C16H16N6.C15H17N5O2.2C7H9N.C5H10NO2P.C5H10O.C5H8O/c1-22(2,3)21(29)30-14-27-10-8-17-18(12-24-26-20(17)27)16-11-25-28(13-16)19(7-9-23)15-5-4-6-15;17-6-4-15(11-2-1-3-11)22-10-12(8-20-22)14-9-19-21-16-13(14)5-7-18-16;1-15(2,3)14(21)22-9-20-5-4-11-12(8-18-19-13(11)20)10-6-16-17-7-10;2*8-6-2-5-7-3-1-4-7;1-3-8-9(2,7)5-4-6;2*6-4-5-2-1-3-5/h8,10-13,15,19H,4-7,14H2,1-3H3;5,7-11,15H,1-4H2,(H,18,21);4-8H,9H2,1-3H3,(H,16,17);2*2,5,7H,1,3-4H2;3,5H2,1-2H3;5-6H,1-4H2;4-5H,1-3H2/b;;;2*5-2+;;;. The number of aromatic amines is 2. The maximum Gasteiger partial charge on any atom is 0.312 e. The van der Waals surface area contributed by atoms with Gasteiger partial charge in [0.2, 0.25) is 7.37 Å². The van der Waals surface area contributed by atoms with Crippen molar-refractivity contribution in [3.63, 3.8) is 0 Å². The van der Waals surface area contributed by atoms with E-state index in [4.69, 9.17) is 40.2 Å². The first-order chi connectivity index (χ1) is 53.6. The van der Waals surface area contributed by atoms with Gasteiger partial charge in [-0.05, 0) is 173 Å². The molecule has 9 aromatic heterocycles. The normalized spacial score (nSPS) is 16.5. The lowest BCUT2D eigenvalue weighted by molar-refractivity contribution is -0.157. The van der Waals surface area contributed by atoms with Crippen molar-refractivity contribution in [1.82, 2.24) is 74.5 Å². The quantitative estimate of drug-likeness (QED) is 0.0276. The van der Waals surface area contributed by atoms with Crippen LogP contribution in [-0.2, 0) is 46.4 Å². The number of carbonyl (C=O) groups is 3. The van der Waals surface area contributed by atoms with E-state index < -0.39 is 18.2 Å². The number of hydrogen-bond acceptors (Lipinski definition) is 22. The highest BCUT2D eigenvalue weighted by Gasteiger charge is 2.32. The predicted molar refractivity (Wildman–Crippen MR) is 421 cm³/mol. The summed E-state index contributed by atoms with van der Waals surface area (Å²) in [6.07, 6.45) is 53.6. The van der Waals surface area contributed by atoms with Gasteiger partial charge in [-0.2, -0.15) is 56.9 Å². The number of aliphatic hydroxyl groups excluding tert-OH is 1. The molecule has 0 radical (unpaired) electrons. The first-order valence-electron chi connectivity index (χ1n) is 38.4. The molecule has 0 aromatic carbocycles. The van der Waals surface area contributed by atoms with Crippen molar-refractivity contribution in [3.8, 4) is 63.7 Å². The number of hydrogen-bond donors (Lipinski definition) is 3. The molecule has 3 N–H and O–H groups in total. The van der Waals surface area contributed by atoms with E-state index in [1.165, 1.54) is 96.6 Å². The highest BCUT2D eigenvalue weighted by molar-refractivity contribution is 7.58. The third-order valence-corrected chi connectivity index (χ3v) is 22.0. The molecule has 29 heteroatoms. The van der Waals surface area contributed by atoms with Crippen LogP contribution in [-0.4, -0.2) is 124 Å². The Balaban J connectivity index is 0.000000171. The van der Waals surface area contributed by atoms with Crippen LogP contribution in [0.15, 0.2) is 117 Å². The van der Waals surface area contributed by atoms with Gasteiger partial charge in [-0.1, -0.05) is 50.7 Å². The van der Waals surface area contributed by atoms with E-state index in [-0.39, 0.29) is 43.6 Å². The van der Waals surface area contributed by atoms with Crippen LogP contribution >= 0.6 is 7.37 Å². The number of aliphatic hydroxyl groups is 1. The Morgan fingerprint density at radius 1 is 0.604 bits per heavy atom. The summed E-state index contributed by atoms with van der Waals surface area (Å²) in [4.78, 5) is 36.8. The SMILES string of the molecule is CC(C)(C)C(=O)OCn1ccc2c(-c3cn[nH]c3)cnnc21.CC(C)(C)C(=O)OCn1ccc2c(-c3cnn(C(CC#N)C4CCC4)c3)cnnc21.CCOP(C)(=O)CC#N.N#C/C=C/C1CCC1.N#C/C=C/C1CCC1.N#CCC(C1CCC1)n1cc(-c2cnnc3[nH]ccc23)cn1.O=CC1CCC1.OCC1CCC1. The number of esters is 2. The highest BCUT2D eigenvalue weighted by Crippen LogP contribution is 2.42. The van der Waals surface area contributed by atoms with Crippen molar-refractivity contribution in [3.05, 3.63) is 117 Å². The van der Waals surface area contributed by atoms with Crippen molar-refractivity contribution in [2.24, 2.45) is 46.3 Å². The van der Waals surface area contributed by atoms with Crippen LogP contribution in [0.2, 0.25) is 0 Å². The minimum absolute atomic E-state index is 0.0147. The molecule has 15 rings (SSSR count). The number of carbonyl (C=O) groups excluding carboxylic acids is 3. The fraction of sp³-hybridized carbons (Fsp3) is 0.524. The molecule has 3 atom stereocenters. The van der Waals surface area contributed by atoms with E-state index in [0.717, 1.165) is 99.0 Å². The lowest BCUT2D eigenvalue weighted by atomic mass is 9.79. The van der Waals surface area contributed by atoms with Gasteiger partial charge in [-0.25, -0.2) is 0 Å². The van der Waals surface area contributed by atoms with Gasteiger partial charge in [0, 0.05) is 118 Å². The Morgan fingerprint density at radius 2 is 1.05 bits per heavy atom. The number of aldehydes is 1. The Morgan fingerprint density at radius 3 is 1.40 bits per heavy atom. The first kappa shape index (κ1) is 85.8. The molecule has 0 amide bonds. The van der Waals surface area contributed by atoms with Crippen LogP contribution in [0, 0.1) is 103 Å². The maximum absolute atomic E-state index is 12.1. The molecule has 6 aliphatic carbocycles. The van der Waals surface area contributed by atoms with E-state index in [2.05, 4.69) is 68.1 Å². The number of allylic oxidation sites excluding steroid dienone is 4. The molecule has 28 nitrogen and oxygen atoms in total. The topological polar surface area (TPSA) is 402 Å². The molecule has 9 heterocycles. The van der Waals surface area contributed by atoms with Gasteiger partial charge in [0.15, 0.2) is 30.4 Å². The van der Waals surface area contributed by atoms with Crippen LogP contribution in [0.4, 0.5) is 0 Å². The molecule has 586 valence electrons. The van der Waals surface area contributed by atoms with Crippen LogP contribution in [0.25, 0.3) is 66.5 Å². The molecule has 6 saturated carbocycles. The third-order valence-electron chi connectivity index (χ3n) is 20.5. The Labute approximate surface area is 649 Å². The molecule has 0 spiro atoms. The summed E-state index contributed by atoms with van der Waals surface area (Å²) < 4.78 is 33.9. The molecular formula is C82H105N20O8P. The number of rotatable bonds is 20. The number of nitrogens with one attached hydrogen (secondary N) is 2. The zero-order valence-corrected chi connectivity index (χ0v) is 66.0. The molecule has 0 bridgehead atoms. The summed E-state index contributed by atoms with van der Waals surface area (Å²) in [5.41, 5.74) is 6.74. The first-order valence-corrected chi connectivity index (χ1v) is 40.7. The summed E-state index contributed by atoms with van der Waals surface area (Å²) in [7, 11) is -2.55. The van der Waals surface area contributed by atoms with Crippen molar-refractivity contribution >= 4 is 58.7 Å². The minimum atomic E-state index is -2.55. The van der Waals surface area contributed by atoms with Crippen molar-refractivity contribution in [2.75, 3.05) is 26.0 Å². The molecule has 9 aromatic rings. The van der Waals surface area contributed by atoms with Gasteiger partial charge in [-0.3, -0.25) is 37.8 Å².